The second-order valence-corrected chi connectivity index (χ2v) is 4.85. The van der Waals surface area contributed by atoms with Gasteiger partial charge in [-0.15, -0.1) is 0 Å². The first kappa shape index (κ1) is 16.5. The van der Waals surface area contributed by atoms with Crippen molar-refractivity contribution >= 4 is 29.7 Å². The van der Waals surface area contributed by atoms with Crippen molar-refractivity contribution < 1.29 is 19.4 Å². The number of hydrogen-bond donors (Lipinski definition) is 2. The van der Waals surface area contributed by atoms with Crippen LogP contribution in [0, 0.1) is 0 Å². The maximum Gasteiger partial charge on any atom is 0.335 e. The smallest absolute Gasteiger partial charge is 0.335 e. The molecule has 0 aliphatic heterocycles. The van der Waals surface area contributed by atoms with E-state index in [0.717, 1.165) is 0 Å². The van der Waals surface area contributed by atoms with E-state index in [1.54, 1.807) is 36.4 Å². The van der Waals surface area contributed by atoms with Crippen molar-refractivity contribution in [1.82, 2.24) is 5.43 Å². The largest absolute Gasteiger partial charge is 0.482 e. The van der Waals surface area contributed by atoms with Crippen LogP contribution >= 0.6 is 11.6 Å². The lowest BCUT2D eigenvalue weighted by atomic mass is 10.1. The normalized spacial score (nSPS) is 10.5. The van der Waals surface area contributed by atoms with Gasteiger partial charge in [-0.1, -0.05) is 35.9 Å². The molecule has 0 heterocycles. The van der Waals surface area contributed by atoms with Crippen LogP contribution in [-0.4, -0.2) is 29.8 Å². The summed E-state index contributed by atoms with van der Waals surface area (Å²) in [6.07, 6.45) is 1.40. The number of carbonyl (C=O) groups is 2. The summed E-state index contributed by atoms with van der Waals surface area (Å²) < 4.78 is 5.26. The van der Waals surface area contributed by atoms with Crippen LogP contribution < -0.4 is 10.2 Å². The molecule has 7 heteroatoms. The van der Waals surface area contributed by atoms with Crippen molar-refractivity contribution in [3.05, 3.63) is 64.7 Å². The summed E-state index contributed by atoms with van der Waals surface area (Å²) in [5.74, 6) is -1.03. The highest BCUT2D eigenvalue weighted by atomic mass is 35.5. The Morgan fingerprint density at radius 2 is 1.87 bits per heavy atom. The SMILES string of the molecule is O=C(COc1ccccc1Cl)N/N=C\c1ccc(C(=O)O)cc1. The number of nitrogens with zero attached hydrogens (tertiary/aromatic N) is 1. The number of para-hydroxylation sites is 1. The van der Waals surface area contributed by atoms with E-state index in [2.05, 4.69) is 10.5 Å². The molecule has 0 spiro atoms. The number of amides is 1. The Hall–Kier alpha value is -2.86. The summed E-state index contributed by atoms with van der Waals surface area (Å²) >= 11 is 5.90. The van der Waals surface area contributed by atoms with E-state index in [9.17, 15) is 9.59 Å². The highest BCUT2D eigenvalue weighted by molar-refractivity contribution is 6.32. The van der Waals surface area contributed by atoms with Gasteiger partial charge >= 0.3 is 5.97 Å². The summed E-state index contributed by atoms with van der Waals surface area (Å²) in [6, 6.07) is 12.9. The van der Waals surface area contributed by atoms with Crippen molar-refractivity contribution in [2.75, 3.05) is 6.61 Å². The second-order valence-electron chi connectivity index (χ2n) is 4.44. The van der Waals surface area contributed by atoms with Crippen LogP contribution in [0.2, 0.25) is 5.02 Å². The zero-order chi connectivity index (χ0) is 16.7. The highest BCUT2D eigenvalue weighted by Gasteiger charge is 2.04. The number of halogens is 1. The van der Waals surface area contributed by atoms with Gasteiger partial charge in [0.2, 0.25) is 0 Å². The average Bonchev–Trinajstić information content (AvgIpc) is 2.54. The number of hydrazone groups is 1. The number of hydrogen-bond acceptors (Lipinski definition) is 4. The van der Waals surface area contributed by atoms with E-state index in [0.29, 0.717) is 16.3 Å². The van der Waals surface area contributed by atoms with Crippen LogP contribution in [0.4, 0.5) is 0 Å². The molecule has 118 valence electrons. The molecular weight excluding hydrogens is 320 g/mol. The first-order chi connectivity index (χ1) is 11.1. The van der Waals surface area contributed by atoms with Gasteiger partial charge in [0.1, 0.15) is 5.75 Å². The Labute approximate surface area is 137 Å². The van der Waals surface area contributed by atoms with Gasteiger partial charge < -0.3 is 9.84 Å². The van der Waals surface area contributed by atoms with Crippen molar-refractivity contribution in [3.63, 3.8) is 0 Å². The predicted molar refractivity (Wildman–Crippen MR) is 86.1 cm³/mol. The van der Waals surface area contributed by atoms with Gasteiger partial charge in [-0.25, -0.2) is 10.2 Å². The minimum atomic E-state index is -1.00. The van der Waals surface area contributed by atoms with Crippen LogP contribution in [0.15, 0.2) is 53.6 Å². The standard InChI is InChI=1S/C16H13ClN2O4/c17-13-3-1-2-4-14(13)23-10-15(20)19-18-9-11-5-7-12(8-6-11)16(21)22/h1-9H,10H2,(H,19,20)(H,21,22)/b18-9-. The summed E-state index contributed by atoms with van der Waals surface area (Å²) in [6.45, 7) is -0.223. The number of ether oxygens (including phenoxy) is 1. The molecule has 0 aromatic heterocycles. The van der Waals surface area contributed by atoms with E-state index >= 15 is 0 Å². The fraction of sp³-hybridized carbons (Fsp3) is 0.0625. The summed E-state index contributed by atoms with van der Waals surface area (Å²) in [5.41, 5.74) is 3.14. The lowest BCUT2D eigenvalue weighted by molar-refractivity contribution is -0.123. The summed E-state index contributed by atoms with van der Waals surface area (Å²) in [7, 11) is 0. The molecule has 0 atom stereocenters. The molecule has 0 bridgehead atoms. The average molecular weight is 333 g/mol. The molecule has 1 amide bonds. The third-order valence-electron chi connectivity index (χ3n) is 2.76. The Bertz CT molecular complexity index is 729. The van der Waals surface area contributed by atoms with E-state index in [1.807, 2.05) is 0 Å². The molecule has 0 fully saturated rings. The molecule has 2 N–H and O–H groups in total. The summed E-state index contributed by atoms with van der Waals surface area (Å²) in [4.78, 5) is 22.3. The van der Waals surface area contributed by atoms with Crippen LogP contribution in [0.3, 0.4) is 0 Å². The zero-order valence-electron chi connectivity index (χ0n) is 11.9. The van der Waals surface area contributed by atoms with Crippen LogP contribution in [0.5, 0.6) is 5.75 Å². The quantitative estimate of drug-likeness (QED) is 0.628. The van der Waals surface area contributed by atoms with Gasteiger partial charge in [-0.2, -0.15) is 5.10 Å². The van der Waals surface area contributed by atoms with Crippen LogP contribution in [0.1, 0.15) is 15.9 Å². The first-order valence-electron chi connectivity index (χ1n) is 6.59. The van der Waals surface area contributed by atoms with Crippen molar-refractivity contribution in [1.29, 1.82) is 0 Å². The lowest BCUT2D eigenvalue weighted by Crippen LogP contribution is -2.24. The van der Waals surface area contributed by atoms with Crippen molar-refractivity contribution in [2.24, 2.45) is 5.10 Å². The molecule has 23 heavy (non-hydrogen) atoms. The van der Waals surface area contributed by atoms with Crippen LogP contribution in [-0.2, 0) is 4.79 Å². The van der Waals surface area contributed by atoms with Gasteiger partial charge in [0.05, 0.1) is 16.8 Å². The molecule has 0 radical (unpaired) electrons. The van der Waals surface area contributed by atoms with E-state index in [1.165, 1.54) is 18.3 Å². The van der Waals surface area contributed by atoms with Gasteiger partial charge in [0.25, 0.3) is 5.91 Å². The molecule has 2 rings (SSSR count). The summed E-state index contributed by atoms with van der Waals surface area (Å²) in [5, 5.41) is 13.0. The Morgan fingerprint density at radius 1 is 1.17 bits per heavy atom. The molecule has 2 aromatic rings. The first-order valence-corrected chi connectivity index (χ1v) is 6.96. The molecule has 2 aromatic carbocycles. The molecule has 0 saturated heterocycles. The maximum atomic E-state index is 11.6. The van der Waals surface area contributed by atoms with Gasteiger partial charge in [-0.3, -0.25) is 4.79 Å². The third kappa shape index (κ3) is 5.12. The van der Waals surface area contributed by atoms with Crippen molar-refractivity contribution in [3.8, 4) is 5.75 Å². The molecule has 0 aliphatic carbocycles. The minimum Gasteiger partial charge on any atom is -0.482 e. The van der Waals surface area contributed by atoms with E-state index in [4.69, 9.17) is 21.4 Å². The van der Waals surface area contributed by atoms with Gasteiger partial charge in [0, 0.05) is 0 Å². The number of aromatic carboxylic acids is 1. The molecule has 0 unspecified atom stereocenters. The number of carbonyl (C=O) groups excluding carboxylic acids is 1. The fourth-order valence-electron chi connectivity index (χ4n) is 1.63. The third-order valence-corrected chi connectivity index (χ3v) is 3.07. The predicted octanol–water partition coefficient (Wildman–Crippen LogP) is 2.57. The molecule has 0 aliphatic rings. The molecule has 6 nitrogen and oxygen atoms in total. The number of nitrogens with one attached hydrogen (secondary N) is 1. The lowest BCUT2D eigenvalue weighted by Gasteiger charge is -2.06. The second kappa shape index (κ2) is 7.95. The van der Waals surface area contributed by atoms with E-state index < -0.39 is 11.9 Å². The number of carboxylic acids is 1. The maximum absolute atomic E-state index is 11.6. The van der Waals surface area contributed by atoms with Crippen molar-refractivity contribution in [2.45, 2.75) is 0 Å². The topological polar surface area (TPSA) is 88.0 Å². The monoisotopic (exact) mass is 332 g/mol. The molecular formula is C16H13ClN2O4. The zero-order valence-corrected chi connectivity index (χ0v) is 12.7. The number of benzene rings is 2. The van der Waals surface area contributed by atoms with Crippen LogP contribution in [0.25, 0.3) is 0 Å². The molecule has 0 saturated carbocycles. The van der Waals surface area contributed by atoms with Gasteiger partial charge in [-0.05, 0) is 29.8 Å². The highest BCUT2D eigenvalue weighted by Crippen LogP contribution is 2.22. The van der Waals surface area contributed by atoms with Gasteiger partial charge in [0.15, 0.2) is 6.61 Å². The fourth-order valence-corrected chi connectivity index (χ4v) is 1.82. The Morgan fingerprint density at radius 3 is 2.52 bits per heavy atom. The van der Waals surface area contributed by atoms with E-state index in [-0.39, 0.29) is 12.2 Å². The Balaban J connectivity index is 1.82. The minimum absolute atomic E-state index is 0.180. The number of carboxylic acid groups (broad SMARTS) is 1. The number of rotatable bonds is 6. The Kier molecular flexibility index (Phi) is 5.71.